The van der Waals surface area contributed by atoms with Crippen molar-refractivity contribution in [3.63, 3.8) is 0 Å². The molecule has 0 atom stereocenters. The molecule has 108 valence electrons. The van der Waals surface area contributed by atoms with Crippen molar-refractivity contribution >= 4 is 17.4 Å². The Morgan fingerprint density at radius 2 is 2.05 bits per heavy atom. The summed E-state index contributed by atoms with van der Waals surface area (Å²) in [5.41, 5.74) is 8.22. The minimum absolute atomic E-state index is 0.137. The first kappa shape index (κ1) is 14.5. The van der Waals surface area contributed by atoms with Crippen molar-refractivity contribution in [1.29, 1.82) is 0 Å². The van der Waals surface area contributed by atoms with E-state index >= 15 is 0 Å². The summed E-state index contributed by atoms with van der Waals surface area (Å²) in [6, 6.07) is 10.6. The number of hydrogen-bond donors (Lipinski definition) is 3. The molecule has 1 amide bonds. The smallest absolute Gasteiger partial charge is 0.257 e. The van der Waals surface area contributed by atoms with Crippen LogP contribution in [0.5, 0.6) is 0 Å². The molecule has 4 N–H and O–H groups in total. The van der Waals surface area contributed by atoms with Crippen LogP contribution in [-0.2, 0) is 6.42 Å². The highest BCUT2D eigenvalue weighted by Gasteiger charge is 2.09. The third-order valence-electron chi connectivity index (χ3n) is 2.98. The Balaban J connectivity index is 2.07. The summed E-state index contributed by atoms with van der Waals surface area (Å²) in [5, 5.41) is 14.2. The summed E-state index contributed by atoms with van der Waals surface area (Å²) in [6.07, 6.45) is 2.00. The average Bonchev–Trinajstić information content (AvgIpc) is 2.49. The van der Waals surface area contributed by atoms with Gasteiger partial charge in [-0.25, -0.2) is 0 Å². The molecule has 0 spiro atoms. The standard InChI is InChI=1S/C15H16N4O2/c1-10-13(3-2-8-17-10)15(20)18-12-6-4-11(5-7-12)9-14(16)19-21/h2-8,21H,9H2,1H3,(H2,16,19)(H,18,20). The molecule has 0 radical (unpaired) electrons. The zero-order chi connectivity index (χ0) is 15.2. The minimum Gasteiger partial charge on any atom is -0.409 e. The molecule has 1 heterocycles. The first-order valence-corrected chi connectivity index (χ1v) is 6.38. The largest absolute Gasteiger partial charge is 0.409 e. The zero-order valence-corrected chi connectivity index (χ0v) is 11.6. The lowest BCUT2D eigenvalue weighted by Gasteiger charge is -2.08. The number of oxime groups is 1. The van der Waals surface area contributed by atoms with Crippen LogP contribution in [0.2, 0.25) is 0 Å². The topological polar surface area (TPSA) is 101 Å². The number of rotatable bonds is 4. The van der Waals surface area contributed by atoms with E-state index in [1.165, 1.54) is 0 Å². The molecular formula is C15H16N4O2. The maximum absolute atomic E-state index is 12.1. The Labute approximate surface area is 122 Å². The summed E-state index contributed by atoms with van der Waals surface area (Å²) in [4.78, 5) is 16.2. The van der Waals surface area contributed by atoms with Crippen molar-refractivity contribution in [2.75, 3.05) is 5.32 Å². The van der Waals surface area contributed by atoms with Gasteiger partial charge in [-0.1, -0.05) is 17.3 Å². The van der Waals surface area contributed by atoms with E-state index < -0.39 is 0 Å². The number of benzene rings is 1. The van der Waals surface area contributed by atoms with Gasteiger partial charge in [0.05, 0.1) is 5.56 Å². The molecule has 2 rings (SSSR count). The molecule has 0 aliphatic heterocycles. The molecule has 0 aliphatic carbocycles. The summed E-state index contributed by atoms with van der Waals surface area (Å²) >= 11 is 0. The van der Waals surface area contributed by atoms with Gasteiger partial charge in [0, 0.05) is 24.0 Å². The van der Waals surface area contributed by atoms with Crippen LogP contribution in [0.25, 0.3) is 0 Å². The number of hydrogen-bond acceptors (Lipinski definition) is 4. The first-order valence-electron chi connectivity index (χ1n) is 6.38. The summed E-state index contributed by atoms with van der Waals surface area (Å²) < 4.78 is 0. The van der Waals surface area contributed by atoms with Gasteiger partial charge >= 0.3 is 0 Å². The fourth-order valence-corrected chi connectivity index (χ4v) is 1.87. The van der Waals surface area contributed by atoms with E-state index in [9.17, 15) is 4.79 Å². The molecule has 0 saturated carbocycles. The van der Waals surface area contributed by atoms with Crippen molar-refractivity contribution in [1.82, 2.24) is 4.98 Å². The van der Waals surface area contributed by atoms with Crippen LogP contribution in [0, 0.1) is 6.92 Å². The second kappa shape index (κ2) is 6.51. The van der Waals surface area contributed by atoms with E-state index in [4.69, 9.17) is 10.9 Å². The molecule has 0 aliphatic rings. The van der Waals surface area contributed by atoms with Crippen molar-refractivity contribution in [2.24, 2.45) is 10.9 Å². The number of aromatic nitrogens is 1. The van der Waals surface area contributed by atoms with Crippen LogP contribution in [0.15, 0.2) is 47.8 Å². The predicted molar refractivity (Wildman–Crippen MR) is 80.5 cm³/mol. The Morgan fingerprint density at radius 1 is 1.33 bits per heavy atom. The molecule has 2 aromatic rings. The normalized spacial score (nSPS) is 11.2. The fraction of sp³-hybridized carbons (Fsp3) is 0.133. The predicted octanol–water partition coefficient (Wildman–Crippen LogP) is 1.93. The fourth-order valence-electron chi connectivity index (χ4n) is 1.87. The monoisotopic (exact) mass is 284 g/mol. The molecular weight excluding hydrogens is 268 g/mol. The number of carbonyl (C=O) groups is 1. The molecule has 0 bridgehead atoms. The molecule has 6 heteroatoms. The Hall–Kier alpha value is -2.89. The molecule has 0 unspecified atom stereocenters. The van der Waals surface area contributed by atoms with Gasteiger partial charge in [-0.3, -0.25) is 9.78 Å². The highest BCUT2D eigenvalue weighted by atomic mass is 16.4. The van der Waals surface area contributed by atoms with Gasteiger partial charge in [-0.15, -0.1) is 0 Å². The van der Waals surface area contributed by atoms with Gasteiger partial charge in [-0.2, -0.15) is 0 Å². The maximum Gasteiger partial charge on any atom is 0.257 e. The van der Waals surface area contributed by atoms with Crippen molar-refractivity contribution < 1.29 is 10.0 Å². The molecule has 21 heavy (non-hydrogen) atoms. The van der Waals surface area contributed by atoms with E-state index in [1.54, 1.807) is 37.4 Å². The number of amidine groups is 1. The number of amides is 1. The van der Waals surface area contributed by atoms with Gasteiger partial charge in [0.1, 0.15) is 5.84 Å². The third kappa shape index (κ3) is 3.79. The highest BCUT2D eigenvalue weighted by Crippen LogP contribution is 2.13. The van der Waals surface area contributed by atoms with Crippen molar-refractivity contribution in [3.8, 4) is 0 Å². The number of nitrogens with zero attached hydrogens (tertiary/aromatic N) is 2. The van der Waals surface area contributed by atoms with Gasteiger partial charge in [0.25, 0.3) is 5.91 Å². The van der Waals surface area contributed by atoms with E-state index in [1.807, 2.05) is 12.1 Å². The first-order chi connectivity index (χ1) is 10.1. The Bertz CT molecular complexity index is 666. The number of aryl methyl sites for hydroxylation is 1. The second-order valence-corrected chi connectivity index (χ2v) is 4.56. The number of nitrogens with two attached hydrogens (primary N) is 1. The number of carbonyl (C=O) groups excluding carboxylic acids is 1. The van der Waals surface area contributed by atoms with Crippen LogP contribution < -0.4 is 11.1 Å². The molecule has 1 aromatic carbocycles. The van der Waals surface area contributed by atoms with Crippen molar-refractivity contribution in [2.45, 2.75) is 13.3 Å². The molecule has 0 fully saturated rings. The van der Waals surface area contributed by atoms with Gasteiger partial charge in [-0.05, 0) is 36.8 Å². The average molecular weight is 284 g/mol. The Morgan fingerprint density at radius 3 is 2.67 bits per heavy atom. The number of nitrogens with one attached hydrogen (secondary N) is 1. The summed E-state index contributed by atoms with van der Waals surface area (Å²) in [6.45, 7) is 1.79. The van der Waals surface area contributed by atoms with E-state index in [0.29, 0.717) is 23.4 Å². The lowest BCUT2D eigenvalue weighted by atomic mass is 10.1. The highest BCUT2D eigenvalue weighted by molar-refractivity contribution is 6.04. The summed E-state index contributed by atoms with van der Waals surface area (Å²) in [7, 11) is 0. The van der Waals surface area contributed by atoms with Crippen molar-refractivity contribution in [3.05, 3.63) is 59.4 Å². The maximum atomic E-state index is 12.1. The van der Waals surface area contributed by atoms with Crippen LogP contribution in [-0.4, -0.2) is 21.9 Å². The zero-order valence-electron chi connectivity index (χ0n) is 11.6. The van der Waals surface area contributed by atoms with Crippen LogP contribution in [0.3, 0.4) is 0 Å². The minimum atomic E-state index is -0.204. The lowest BCUT2D eigenvalue weighted by molar-refractivity contribution is 0.102. The van der Waals surface area contributed by atoms with E-state index in [2.05, 4.69) is 15.5 Å². The van der Waals surface area contributed by atoms with Crippen LogP contribution >= 0.6 is 0 Å². The van der Waals surface area contributed by atoms with Gasteiger partial charge in [0.15, 0.2) is 0 Å². The van der Waals surface area contributed by atoms with Gasteiger partial charge < -0.3 is 16.3 Å². The molecule has 1 aromatic heterocycles. The second-order valence-electron chi connectivity index (χ2n) is 4.56. The molecule has 0 saturated heterocycles. The third-order valence-corrected chi connectivity index (χ3v) is 2.98. The summed E-state index contributed by atoms with van der Waals surface area (Å²) in [5.74, 6) is -0.0671. The number of pyridine rings is 1. The lowest BCUT2D eigenvalue weighted by Crippen LogP contribution is -2.15. The van der Waals surface area contributed by atoms with Gasteiger partial charge in [0.2, 0.25) is 0 Å². The van der Waals surface area contributed by atoms with Crippen LogP contribution in [0.1, 0.15) is 21.6 Å². The molecule has 6 nitrogen and oxygen atoms in total. The number of anilines is 1. The SMILES string of the molecule is Cc1ncccc1C(=O)Nc1ccc(C/C(N)=N/O)cc1. The van der Waals surface area contributed by atoms with E-state index in [0.717, 1.165) is 5.56 Å². The van der Waals surface area contributed by atoms with Crippen LogP contribution in [0.4, 0.5) is 5.69 Å². The Kier molecular flexibility index (Phi) is 4.50. The quantitative estimate of drug-likeness (QED) is 0.345. The van der Waals surface area contributed by atoms with E-state index in [-0.39, 0.29) is 11.7 Å².